The van der Waals surface area contributed by atoms with Crippen molar-refractivity contribution in [2.24, 2.45) is 5.92 Å². The highest BCUT2D eigenvalue weighted by Gasteiger charge is 2.23. The lowest BCUT2D eigenvalue weighted by molar-refractivity contribution is -0.135. The summed E-state index contributed by atoms with van der Waals surface area (Å²) in [4.78, 5) is 36.6. The minimum atomic E-state index is -0.671. The molecular weight excluding hydrogens is 382 g/mol. The van der Waals surface area contributed by atoms with Crippen molar-refractivity contribution in [2.75, 3.05) is 6.61 Å². The van der Waals surface area contributed by atoms with E-state index in [1.165, 1.54) is 0 Å². The number of ether oxygens (including phenoxy) is 2. The van der Waals surface area contributed by atoms with Crippen molar-refractivity contribution in [1.82, 2.24) is 5.32 Å². The Balaban J connectivity index is 1.53. The maximum absolute atomic E-state index is 12.5. The molecule has 0 heterocycles. The molecule has 0 spiro atoms. The molecule has 0 atom stereocenters. The summed E-state index contributed by atoms with van der Waals surface area (Å²) >= 11 is 0. The fourth-order valence-electron chi connectivity index (χ4n) is 3.54. The molecule has 6 nitrogen and oxygen atoms in total. The van der Waals surface area contributed by atoms with E-state index in [1.54, 1.807) is 24.3 Å². The second-order valence-electron chi connectivity index (χ2n) is 7.53. The highest BCUT2D eigenvalue weighted by Crippen LogP contribution is 2.24. The van der Waals surface area contributed by atoms with Gasteiger partial charge in [-0.1, -0.05) is 55.7 Å². The van der Waals surface area contributed by atoms with Gasteiger partial charge < -0.3 is 9.47 Å². The average Bonchev–Trinajstić information content (AvgIpc) is 2.77. The number of nitrogens with one attached hydrogen (secondary N) is 1. The van der Waals surface area contributed by atoms with Gasteiger partial charge in [-0.2, -0.15) is 0 Å². The molecule has 0 radical (unpaired) electrons. The Kier molecular flexibility index (Phi) is 7.60. The Labute approximate surface area is 176 Å². The normalized spacial score (nSPS) is 14.0. The maximum atomic E-state index is 12.5. The number of imide groups is 1. The highest BCUT2D eigenvalue weighted by molar-refractivity contribution is 5.99. The molecule has 1 saturated carbocycles. The average molecular weight is 409 g/mol. The summed E-state index contributed by atoms with van der Waals surface area (Å²) in [6.07, 6.45) is 4.72. The van der Waals surface area contributed by atoms with E-state index in [0.29, 0.717) is 12.4 Å². The second kappa shape index (κ2) is 10.6. The minimum absolute atomic E-state index is 0.131. The fourth-order valence-corrected chi connectivity index (χ4v) is 3.54. The first-order valence-corrected chi connectivity index (χ1v) is 10.3. The number of carbonyl (C=O) groups is 3. The molecule has 0 bridgehead atoms. The van der Waals surface area contributed by atoms with Crippen LogP contribution in [0.1, 0.15) is 53.6 Å². The Morgan fingerprint density at radius 2 is 1.67 bits per heavy atom. The lowest BCUT2D eigenvalue weighted by atomic mass is 9.89. The summed E-state index contributed by atoms with van der Waals surface area (Å²) in [5, 5.41) is 2.34. The second-order valence-corrected chi connectivity index (χ2v) is 7.53. The van der Waals surface area contributed by atoms with Crippen molar-refractivity contribution >= 4 is 17.8 Å². The van der Waals surface area contributed by atoms with E-state index >= 15 is 0 Å². The van der Waals surface area contributed by atoms with E-state index in [1.807, 2.05) is 31.2 Å². The summed E-state index contributed by atoms with van der Waals surface area (Å²) in [5.74, 6) is -1.32. The Morgan fingerprint density at radius 1 is 0.967 bits per heavy atom. The molecular formula is C24H27NO5. The van der Waals surface area contributed by atoms with Crippen LogP contribution in [0.25, 0.3) is 0 Å². The van der Waals surface area contributed by atoms with Crippen LogP contribution in [0.3, 0.4) is 0 Å². The first kappa shape index (κ1) is 21.6. The number of esters is 1. The first-order chi connectivity index (χ1) is 14.5. The summed E-state index contributed by atoms with van der Waals surface area (Å²) < 4.78 is 10.9. The zero-order valence-corrected chi connectivity index (χ0v) is 17.2. The van der Waals surface area contributed by atoms with Gasteiger partial charge in [0.15, 0.2) is 6.61 Å². The number of rotatable bonds is 7. The van der Waals surface area contributed by atoms with Crippen LogP contribution in [0.2, 0.25) is 0 Å². The van der Waals surface area contributed by atoms with E-state index in [4.69, 9.17) is 9.47 Å². The van der Waals surface area contributed by atoms with Crippen LogP contribution in [-0.2, 0) is 20.9 Å². The monoisotopic (exact) mass is 409 g/mol. The lowest BCUT2D eigenvalue weighted by Gasteiger charge is -2.20. The maximum Gasteiger partial charge on any atom is 0.342 e. The highest BCUT2D eigenvalue weighted by atomic mass is 16.5. The molecule has 2 amide bonds. The van der Waals surface area contributed by atoms with Crippen LogP contribution in [0.5, 0.6) is 5.75 Å². The van der Waals surface area contributed by atoms with Crippen molar-refractivity contribution in [1.29, 1.82) is 0 Å². The van der Waals surface area contributed by atoms with Crippen molar-refractivity contribution < 1.29 is 23.9 Å². The molecule has 2 aromatic carbocycles. The van der Waals surface area contributed by atoms with Crippen molar-refractivity contribution in [2.45, 2.75) is 45.6 Å². The third-order valence-electron chi connectivity index (χ3n) is 5.32. The number of hydrogen-bond acceptors (Lipinski definition) is 5. The Morgan fingerprint density at radius 3 is 2.43 bits per heavy atom. The molecule has 6 heteroatoms. The van der Waals surface area contributed by atoms with Crippen LogP contribution in [-0.4, -0.2) is 24.4 Å². The van der Waals surface area contributed by atoms with Gasteiger partial charge in [-0.3, -0.25) is 14.9 Å². The smallest absolute Gasteiger partial charge is 0.342 e. The van der Waals surface area contributed by atoms with Crippen molar-refractivity contribution in [3.05, 3.63) is 65.2 Å². The van der Waals surface area contributed by atoms with Crippen LogP contribution in [0.4, 0.5) is 0 Å². The van der Waals surface area contributed by atoms with Crippen LogP contribution in [0.15, 0.2) is 48.5 Å². The van der Waals surface area contributed by atoms with E-state index in [-0.39, 0.29) is 17.4 Å². The van der Waals surface area contributed by atoms with Gasteiger partial charge in [0.05, 0.1) is 0 Å². The molecule has 0 unspecified atom stereocenters. The molecule has 1 N–H and O–H groups in total. The number of amides is 2. The van der Waals surface area contributed by atoms with E-state index in [0.717, 1.165) is 43.2 Å². The predicted molar refractivity (Wildman–Crippen MR) is 112 cm³/mol. The third kappa shape index (κ3) is 5.92. The largest absolute Gasteiger partial charge is 0.488 e. The molecule has 158 valence electrons. The zero-order valence-electron chi connectivity index (χ0n) is 17.2. The molecule has 0 saturated heterocycles. The summed E-state index contributed by atoms with van der Waals surface area (Å²) in [6.45, 7) is 1.79. The van der Waals surface area contributed by atoms with Gasteiger partial charge in [-0.15, -0.1) is 0 Å². The lowest BCUT2D eigenvalue weighted by Crippen LogP contribution is -2.38. The molecule has 1 aliphatic rings. The summed E-state index contributed by atoms with van der Waals surface area (Å²) in [6, 6.07) is 14.6. The van der Waals surface area contributed by atoms with Crippen LogP contribution < -0.4 is 10.1 Å². The van der Waals surface area contributed by atoms with Crippen molar-refractivity contribution in [3.63, 3.8) is 0 Å². The van der Waals surface area contributed by atoms with Crippen molar-refractivity contribution in [3.8, 4) is 5.75 Å². The Hall–Kier alpha value is -3.15. The van der Waals surface area contributed by atoms with Gasteiger partial charge in [0.25, 0.3) is 5.91 Å². The molecule has 2 aromatic rings. The van der Waals surface area contributed by atoms with Gasteiger partial charge in [-0.05, 0) is 43.0 Å². The third-order valence-corrected chi connectivity index (χ3v) is 5.32. The molecule has 1 aliphatic carbocycles. The van der Waals surface area contributed by atoms with Crippen LogP contribution >= 0.6 is 0 Å². The summed E-state index contributed by atoms with van der Waals surface area (Å²) in [5.41, 5.74) is 2.34. The van der Waals surface area contributed by atoms with Gasteiger partial charge in [0.2, 0.25) is 5.91 Å². The van der Waals surface area contributed by atoms with Gasteiger partial charge in [0, 0.05) is 5.92 Å². The summed E-state index contributed by atoms with van der Waals surface area (Å²) in [7, 11) is 0. The molecule has 30 heavy (non-hydrogen) atoms. The number of carbonyl (C=O) groups excluding carboxylic acids is 3. The molecule has 1 fully saturated rings. The Bertz CT molecular complexity index is 902. The van der Waals surface area contributed by atoms with Gasteiger partial charge in [-0.25, -0.2) is 4.79 Å². The molecule has 3 rings (SSSR count). The number of aryl methyl sites for hydroxylation is 1. The standard InChI is InChI=1S/C24H27NO5/c1-17-9-5-6-12-19(17)15-29-21-14-8-7-13-20(21)24(28)30-16-22(26)25-23(27)18-10-3-2-4-11-18/h5-9,12-14,18H,2-4,10-11,15-16H2,1H3,(H,25,26,27). The zero-order chi connectivity index (χ0) is 21.3. The first-order valence-electron chi connectivity index (χ1n) is 10.3. The topological polar surface area (TPSA) is 81.7 Å². The fraction of sp³-hybridized carbons (Fsp3) is 0.375. The molecule has 0 aliphatic heterocycles. The van der Waals surface area contributed by atoms with E-state index in [9.17, 15) is 14.4 Å². The van der Waals surface area contributed by atoms with E-state index < -0.39 is 18.5 Å². The van der Waals surface area contributed by atoms with Crippen LogP contribution in [0, 0.1) is 12.8 Å². The minimum Gasteiger partial charge on any atom is -0.488 e. The molecule has 0 aromatic heterocycles. The quantitative estimate of drug-likeness (QED) is 0.700. The number of hydrogen-bond donors (Lipinski definition) is 1. The van der Waals surface area contributed by atoms with Gasteiger partial charge in [0.1, 0.15) is 17.9 Å². The number of benzene rings is 2. The SMILES string of the molecule is Cc1ccccc1COc1ccccc1C(=O)OCC(=O)NC(=O)C1CCCCC1. The number of para-hydroxylation sites is 1. The van der Waals surface area contributed by atoms with E-state index in [2.05, 4.69) is 5.32 Å². The predicted octanol–water partition coefficient (Wildman–Crippen LogP) is 3.95. The van der Waals surface area contributed by atoms with Gasteiger partial charge >= 0.3 is 5.97 Å².